The first-order valence-corrected chi connectivity index (χ1v) is 12.2. The molecule has 4 aliphatic carbocycles. The summed E-state index contributed by atoms with van der Waals surface area (Å²) in [5.41, 5.74) is 3.76. The van der Waals surface area contributed by atoms with Gasteiger partial charge in [-0.25, -0.2) is 0 Å². The molecule has 0 saturated heterocycles. The summed E-state index contributed by atoms with van der Waals surface area (Å²) < 4.78 is 6.68. The van der Waals surface area contributed by atoms with Gasteiger partial charge in [0.15, 0.2) is 11.5 Å². The number of ether oxygens (including phenoxy) is 1. The van der Waals surface area contributed by atoms with E-state index in [2.05, 4.69) is 35.6 Å². The van der Waals surface area contributed by atoms with Gasteiger partial charge in [0.2, 0.25) is 0 Å². The van der Waals surface area contributed by atoms with Crippen molar-refractivity contribution in [2.45, 2.75) is 74.0 Å². The molecule has 160 valence electrons. The third kappa shape index (κ3) is 1.90. The Balaban J connectivity index is 1.35. The minimum atomic E-state index is -0.776. The minimum Gasteiger partial charge on any atom is -0.504 e. The summed E-state index contributed by atoms with van der Waals surface area (Å²) in [7, 11) is 0. The van der Waals surface area contributed by atoms with Crippen LogP contribution in [-0.2, 0) is 11.8 Å². The molecule has 2 aromatic rings. The molecule has 8 rings (SSSR count). The van der Waals surface area contributed by atoms with Gasteiger partial charge in [-0.1, -0.05) is 37.1 Å². The molecule has 3 saturated carbocycles. The van der Waals surface area contributed by atoms with E-state index in [0.717, 1.165) is 30.7 Å². The highest BCUT2D eigenvalue weighted by Crippen LogP contribution is 2.71. The number of aromatic hydroxyl groups is 1. The number of benzene rings is 2. The number of phenols is 1. The van der Waals surface area contributed by atoms with E-state index in [1.807, 2.05) is 6.07 Å². The summed E-state index contributed by atoms with van der Waals surface area (Å²) >= 11 is 0. The Labute approximate surface area is 182 Å². The molecule has 2 aliphatic heterocycles. The van der Waals surface area contributed by atoms with Gasteiger partial charge in [-0.2, -0.15) is 0 Å². The molecule has 1 spiro atoms. The van der Waals surface area contributed by atoms with Crippen molar-refractivity contribution in [3.05, 3.63) is 53.1 Å². The van der Waals surface area contributed by atoms with Crippen molar-refractivity contribution in [2.24, 2.45) is 17.8 Å². The second-order valence-electron chi connectivity index (χ2n) is 11.2. The van der Waals surface area contributed by atoms with E-state index in [1.165, 1.54) is 42.5 Å². The smallest absolute Gasteiger partial charge is 0.165 e. The van der Waals surface area contributed by atoms with E-state index >= 15 is 0 Å². The topological polar surface area (TPSA) is 61.7 Å². The maximum atomic E-state index is 12.8. The molecule has 4 nitrogen and oxygen atoms in total. The molecule has 2 heterocycles. The monoisotopic (exact) mass is 415 g/mol. The lowest BCUT2D eigenvalue weighted by Crippen LogP contribution is -2.73. The predicted molar refractivity (Wildman–Crippen MR) is 118 cm³/mol. The van der Waals surface area contributed by atoms with Crippen molar-refractivity contribution >= 4 is 5.69 Å². The third-order valence-electron chi connectivity index (χ3n) is 10.0. The molecular weight excluding hydrogens is 386 g/mol. The maximum absolute atomic E-state index is 12.8. The van der Waals surface area contributed by atoms with Crippen molar-refractivity contribution in [3.63, 3.8) is 0 Å². The van der Waals surface area contributed by atoms with Crippen LogP contribution in [0, 0.1) is 17.8 Å². The lowest BCUT2D eigenvalue weighted by atomic mass is 9.41. The summed E-state index contributed by atoms with van der Waals surface area (Å²) in [5, 5.41) is 27.3. The van der Waals surface area contributed by atoms with Gasteiger partial charge in [0.1, 0.15) is 6.10 Å². The van der Waals surface area contributed by atoms with Crippen LogP contribution in [0.25, 0.3) is 0 Å². The molecule has 0 aromatic heterocycles. The summed E-state index contributed by atoms with van der Waals surface area (Å²) in [6.45, 7) is 0. The van der Waals surface area contributed by atoms with E-state index in [4.69, 9.17) is 4.74 Å². The van der Waals surface area contributed by atoms with Gasteiger partial charge in [0, 0.05) is 17.2 Å². The number of aliphatic hydroxyl groups is 1. The predicted octanol–water partition coefficient (Wildman–Crippen LogP) is 4.49. The zero-order chi connectivity index (χ0) is 20.5. The summed E-state index contributed by atoms with van der Waals surface area (Å²) in [5.74, 6) is 2.88. The average molecular weight is 416 g/mol. The van der Waals surface area contributed by atoms with E-state index in [9.17, 15) is 10.2 Å². The summed E-state index contributed by atoms with van der Waals surface area (Å²) in [6, 6.07) is 12.6. The van der Waals surface area contributed by atoms with Gasteiger partial charge in [-0.15, -0.1) is 0 Å². The Hall–Kier alpha value is -2.20. The molecule has 0 amide bonds. The van der Waals surface area contributed by atoms with Crippen LogP contribution in [0.4, 0.5) is 5.69 Å². The maximum Gasteiger partial charge on any atom is 0.165 e. The van der Waals surface area contributed by atoms with Crippen LogP contribution in [0.5, 0.6) is 11.5 Å². The fourth-order valence-electron chi connectivity index (χ4n) is 8.68. The van der Waals surface area contributed by atoms with Crippen molar-refractivity contribution in [1.29, 1.82) is 0 Å². The van der Waals surface area contributed by atoms with E-state index in [-0.39, 0.29) is 29.7 Å². The van der Waals surface area contributed by atoms with Gasteiger partial charge in [0.25, 0.3) is 0 Å². The number of fused-ring (bicyclic) bond motifs is 4. The molecule has 4 heteroatoms. The van der Waals surface area contributed by atoms with Gasteiger partial charge < -0.3 is 20.3 Å². The van der Waals surface area contributed by atoms with Gasteiger partial charge in [0.05, 0.1) is 17.1 Å². The number of hydrogen-bond acceptors (Lipinski definition) is 4. The number of nitrogens with one attached hydrogen (secondary N) is 1. The molecule has 2 aromatic carbocycles. The summed E-state index contributed by atoms with van der Waals surface area (Å²) in [6.07, 6.45) is 7.72. The highest BCUT2D eigenvalue weighted by Gasteiger charge is 2.75. The Morgan fingerprint density at radius 2 is 1.97 bits per heavy atom. The van der Waals surface area contributed by atoms with Crippen LogP contribution in [0.3, 0.4) is 0 Å². The Morgan fingerprint density at radius 1 is 1.10 bits per heavy atom. The Bertz CT molecular complexity index is 1130. The molecule has 7 atom stereocenters. The summed E-state index contributed by atoms with van der Waals surface area (Å²) in [4.78, 5) is 0. The normalized spacial score (nSPS) is 42.8. The number of hydrogen-bond donors (Lipinski definition) is 3. The molecule has 0 radical (unpaired) electrons. The molecule has 2 bridgehead atoms. The Kier molecular flexibility index (Phi) is 3.03. The van der Waals surface area contributed by atoms with Crippen LogP contribution in [0.2, 0.25) is 0 Å². The van der Waals surface area contributed by atoms with Crippen LogP contribution < -0.4 is 10.1 Å². The van der Waals surface area contributed by atoms with Crippen LogP contribution in [0.15, 0.2) is 36.4 Å². The zero-order valence-corrected chi connectivity index (χ0v) is 17.7. The van der Waals surface area contributed by atoms with Crippen molar-refractivity contribution in [1.82, 2.24) is 0 Å². The lowest BCUT2D eigenvalue weighted by molar-refractivity contribution is -0.192. The number of rotatable bonds is 2. The standard InChI is InChI=1S/C27H29NO3/c29-21-8-7-16-12-19-15(11-14-5-6-14)9-10-26-22(16)24(21)31-25(26)23-18(13-27(19,26)30)17-3-1-2-4-20(17)28-23/h1-4,7-8,14-15,18-19,23,25,28-30H,5-6,9-13H2/t15?,18?,19-,23?,25?,26-,27+/m0/s1. The quantitative estimate of drug-likeness (QED) is 0.677. The van der Waals surface area contributed by atoms with Crippen LogP contribution in [0.1, 0.15) is 61.1 Å². The van der Waals surface area contributed by atoms with Crippen LogP contribution >= 0.6 is 0 Å². The van der Waals surface area contributed by atoms with Gasteiger partial charge in [-0.05, 0) is 73.1 Å². The molecule has 31 heavy (non-hydrogen) atoms. The highest BCUT2D eigenvalue weighted by molar-refractivity contribution is 5.67. The molecule has 3 fully saturated rings. The first kappa shape index (κ1) is 17.4. The average Bonchev–Trinajstić information content (AvgIpc) is 3.40. The van der Waals surface area contributed by atoms with E-state index in [1.54, 1.807) is 0 Å². The fraction of sp³-hybridized carbons (Fsp3) is 0.556. The second-order valence-corrected chi connectivity index (χ2v) is 11.2. The third-order valence-corrected chi connectivity index (χ3v) is 10.0. The van der Waals surface area contributed by atoms with E-state index in [0.29, 0.717) is 11.7 Å². The zero-order valence-electron chi connectivity index (χ0n) is 17.7. The second kappa shape index (κ2) is 5.40. The molecular formula is C27H29NO3. The fourth-order valence-corrected chi connectivity index (χ4v) is 8.68. The highest BCUT2D eigenvalue weighted by atomic mass is 16.5. The molecule has 4 unspecified atom stereocenters. The number of para-hydroxylation sites is 1. The molecule has 3 N–H and O–H groups in total. The Morgan fingerprint density at radius 3 is 2.84 bits per heavy atom. The minimum absolute atomic E-state index is 0.135. The first-order valence-electron chi connectivity index (χ1n) is 12.2. The lowest BCUT2D eigenvalue weighted by Gasteiger charge is -2.64. The first-order chi connectivity index (χ1) is 15.1. The SMILES string of the molecule is Oc1ccc2c3c1OC1C4Nc5ccccc5C4C[C@@]4(O)[C@@H](C2)C(CC2CC2)CC[C@]314. The number of anilines is 1. The number of phenolic OH excluding ortho intramolecular Hbond substituents is 1. The molecule has 6 aliphatic rings. The largest absolute Gasteiger partial charge is 0.504 e. The van der Waals surface area contributed by atoms with Gasteiger partial charge >= 0.3 is 0 Å². The van der Waals surface area contributed by atoms with Crippen molar-refractivity contribution in [2.75, 3.05) is 5.32 Å². The van der Waals surface area contributed by atoms with Gasteiger partial charge in [-0.3, -0.25) is 0 Å². The van der Waals surface area contributed by atoms with E-state index < -0.39 is 11.0 Å². The van der Waals surface area contributed by atoms with Crippen molar-refractivity contribution < 1.29 is 14.9 Å². The van der Waals surface area contributed by atoms with Crippen molar-refractivity contribution in [3.8, 4) is 11.5 Å². The van der Waals surface area contributed by atoms with Crippen LogP contribution in [-0.4, -0.2) is 28.0 Å².